The van der Waals surface area contributed by atoms with E-state index in [1.807, 2.05) is 12.1 Å². The third kappa shape index (κ3) is 2.58. The van der Waals surface area contributed by atoms with Crippen LogP contribution in [0.1, 0.15) is 31.4 Å². The molecule has 2 N–H and O–H groups in total. The minimum Gasteiger partial charge on any atom is -0.381 e. The summed E-state index contributed by atoms with van der Waals surface area (Å²) in [6.07, 6.45) is 1.91. The number of amides is 1. The smallest absolute Gasteiger partial charge is 0.237 e. The topological polar surface area (TPSA) is 50.4 Å². The maximum absolute atomic E-state index is 12.5. The average Bonchev–Trinajstić information content (AvgIpc) is 2.50. The van der Waals surface area contributed by atoms with Gasteiger partial charge >= 0.3 is 0 Å². The van der Waals surface area contributed by atoms with E-state index in [2.05, 4.69) is 36.6 Å². The largest absolute Gasteiger partial charge is 0.381 e. The number of hydrogen-bond donors (Lipinski definition) is 2. The van der Waals surface area contributed by atoms with Gasteiger partial charge in [0.1, 0.15) is 0 Å². The van der Waals surface area contributed by atoms with Crippen LogP contribution in [0, 0.1) is 5.41 Å². The molecule has 114 valence electrons. The molecule has 2 unspecified atom stereocenters. The molecule has 0 aromatic heterocycles. The number of carbonyl (C=O) groups is 1. The third-order valence-electron chi connectivity index (χ3n) is 5.18. The zero-order chi connectivity index (χ0) is 15.0. The Balaban J connectivity index is 1.61. The summed E-state index contributed by atoms with van der Waals surface area (Å²) in [6.45, 7) is 5.07. The van der Waals surface area contributed by atoms with E-state index in [-0.39, 0.29) is 29.5 Å². The van der Waals surface area contributed by atoms with E-state index in [4.69, 9.17) is 4.74 Å². The molecule has 0 spiro atoms. The zero-order valence-corrected chi connectivity index (χ0v) is 13.0. The highest BCUT2D eigenvalue weighted by Crippen LogP contribution is 2.42. The Morgan fingerprint density at radius 1 is 1.33 bits per heavy atom. The number of benzene rings is 1. The normalized spacial score (nSPS) is 30.1. The highest BCUT2D eigenvalue weighted by Gasteiger charge is 2.49. The van der Waals surface area contributed by atoms with Gasteiger partial charge in [0.2, 0.25) is 5.91 Å². The lowest BCUT2D eigenvalue weighted by molar-refractivity contribution is -0.134. The van der Waals surface area contributed by atoms with Gasteiger partial charge in [-0.25, -0.2) is 0 Å². The minimum absolute atomic E-state index is 0.0109. The molecule has 4 heteroatoms. The van der Waals surface area contributed by atoms with Crippen molar-refractivity contribution >= 4 is 5.91 Å². The van der Waals surface area contributed by atoms with Gasteiger partial charge in [-0.1, -0.05) is 38.1 Å². The quantitative estimate of drug-likeness (QED) is 0.889. The summed E-state index contributed by atoms with van der Waals surface area (Å²) < 4.78 is 5.44. The second-order valence-electron chi connectivity index (χ2n) is 6.75. The number of carbonyl (C=O) groups excluding carboxylic acids is 1. The molecule has 21 heavy (non-hydrogen) atoms. The Hall–Kier alpha value is -1.39. The molecule has 1 heterocycles. The van der Waals surface area contributed by atoms with Gasteiger partial charge < -0.3 is 15.4 Å². The lowest BCUT2D eigenvalue weighted by atomic mass is 9.64. The van der Waals surface area contributed by atoms with Crippen molar-refractivity contribution in [3.8, 4) is 0 Å². The van der Waals surface area contributed by atoms with E-state index in [1.54, 1.807) is 7.11 Å². The van der Waals surface area contributed by atoms with Crippen molar-refractivity contribution in [1.82, 2.24) is 10.6 Å². The second kappa shape index (κ2) is 5.43. The van der Waals surface area contributed by atoms with Crippen LogP contribution >= 0.6 is 0 Å². The van der Waals surface area contributed by atoms with Gasteiger partial charge in [-0.05, 0) is 24.0 Å². The first-order valence-corrected chi connectivity index (χ1v) is 7.65. The summed E-state index contributed by atoms with van der Waals surface area (Å²) in [4.78, 5) is 12.5. The van der Waals surface area contributed by atoms with E-state index in [0.29, 0.717) is 0 Å². The molecule has 1 saturated carbocycles. The van der Waals surface area contributed by atoms with Crippen molar-refractivity contribution in [2.45, 2.75) is 51.4 Å². The van der Waals surface area contributed by atoms with E-state index < -0.39 is 0 Å². The van der Waals surface area contributed by atoms with Gasteiger partial charge in [-0.3, -0.25) is 4.79 Å². The zero-order valence-electron chi connectivity index (χ0n) is 13.0. The molecule has 2 aliphatic rings. The lowest BCUT2D eigenvalue weighted by Gasteiger charge is -2.51. The Morgan fingerprint density at radius 3 is 2.71 bits per heavy atom. The van der Waals surface area contributed by atoms with Crippen LogP contribution in [0.2, 0.25) is 0 Å². The minimum atomic E-state index is -0.128. The Bertz CT molecular complexity index is 541. The van der Waals surface area contributed by atoms with E-state index >= 15 is 0 Å². The first kappa shape index (κ1) is 14.5. The summed E-state index contributed by atoms with van der Waals surface area (Å²) in [5.74, 6) is 0.108. The number of hydrogen-bond acceptors (Lipinski definition) is 3. The second-order valence-corrected chi connectivity index (χ2v) is 6.75. The molecule has 0 bridgehead atoms. The Labute approximate surface area is 126 Å². The van der Waals surface area contributed by atoms with Gasteiger partial charge in [0.15, 0.2) is 0 Å². The van der Waals surface area contributed by atoms with Crippen molar-refractivity contribution in [2.75, 3.05) is 7.11 Å². The third-order valence-corrected chi connectivity index (χ3v) is 5.18. The summed E-state index contributed by atoms with van der Waals surface area (Å²) in [5, 5.41) is 6.53. The van der Waals surface area contributed by atoms with Crippen LogP contribution in [0.25, 0.3) is 0 Å². The fourth-order valence-electron chi connectivity index (χ4n) is 3.44. The van der Waals surface area contributed by atoms with Crippen LogP contribution in [0.4, 0.5) is 0 Å². The van der Waals surface area contributed by atoms with Gasteiger partial charge in [-0.2, -0.15) is 0 Å². The summed E-state index contributed by atoms with van der Waals surface area (Å²) >= 11 is 0. The van der Waals surface area contributed by atoms with Gasteiger partial charge in [0.05, 0.1) is 12.1 Å². The molecule has 1 amide bonds. The number of nitrogens with one attached hydrogen (secondary N) is 2. The van der Waals surface area contributed by atoms with Crippen LogP contribution in [0.3, 0.4) is 0 Å². The molecule has 1 aromatic rings. The number of ether oxygens (including phenoxy) is 1. The van der Waals surface area contributed by atoms with E-state index in [9.17, 15) is 4.79 Å². The SMILES string of the molecule is COC1CC(NC(=O)[C@H]2Cc3ccccc3CN2)C1(C)C. The molecule has 0 saturated heterocycles. The van der Waals surface area contributed by atoms with Crippen LogP contribution < -0.4 is 10.6 Å². The average molecular weight is 288 g/mol. The molecule has 0 radical (unpaired) electrons. The van der Waals surface area contributed by atoms with Crippen LogP contribution in [0.15, 0.2) is 24.3 Å². The lowest BCUT2D eigenvalue weighted by Crippen LogP contribution is -2.64. The van der Waals surface area contributed by atoms with Gasteiger partial charge in [-0.15, -0.1) is 0 Å². The van der Waals surface area contributed by atoms with Crippen molar-refractivity contribution < 1.29 is 9.53 Å². The van der Waals surface area contributed by atoms with Gasteiger partial charge in [0.25, 0.3) is 0 Å². The maximum Gasteiger partial charge on any atom is 0.237 e. The monoisotopic (exact) mass is 288 g/mol. The van der Waals surface area contributed by atoms with Gasteiger partial charge in [0, 0.05) is 25.1 Å². The molecule has 1 fully saturated rings. The molecular weight excluding hydrogens is 264 g/mol. The predicted octanol–water partition coefficient (Wildman–Crippen LogP) is 1.63. The fourth-order valence-corrected chi connectivity index (χ4v) is 3.44. The first-order chi connectivity index (χ1) is 10.0. The number of fused-ring (bicyclic) bond motifs is 1. The molecule has 1 aliphatic heterocycles. The van der Waals surface area contributed by atoms with Crippen LogP contribution in [0.5, 0.6) is 0 Å². The predicted molar refractivity (Wildman–Crippen MR) is 81.9 cm³/mol. The Kier molecular flexibility index (Phi) is 3.76. The molecule has 3 rings (SSSR count). The maximum atomic E-state index is 12.5. The summed E-state index contributed by atoms with van der Waals surface area (Å²) in [7, 11) is 1.74. The van der Waals surface area contributed by atoms with Crippen molar-refractivity contribution in [3.05, 3.63) is 35.4 Å². The molecule has 1 aromatic carbocycles. The summed E-state index contributed by atoms with van der Waals surface area (Å²) in [5.41, 5.74) is 2.58. The first-order valence-electron chi connectivity index (χ1n) is 7.65. The highest BCUT2D eigenvalue weighted by atomic mass is 16.5. The summed E-state index contributed by atoms with van der Waals surface area (Å²) in [6, 6.07) is 8.39. The van der Waals surface area contributed by atoms with Crippen LogP contribution in [-0.2, 0) is 22.5 Å². The fraction of sp³-hybridized carbons (Fsp3) is 0.588. The van der Waals surface area contributed by atoms with Crippen molar-refractivity contribution in [2.24, 2.45) is 5.41 Å². The molecular formula is C17H24N2O2. The number of methoxy groups -OCH3 is 1. The number of rotatable bonds is 3. The van der Waals surface area contributed by atoms with Crippen molar-refractivity contribution in [1.29, 1.82) is 0 Å². The van der Waals surface area contributed by atoms with E-state index in [0.717, 1.165) is 19.4 Å². The van der Waals surface area contributed by atoms with E-state index in [1.165, 1.54) is 11.1 Å². The molecule has 1 aliphatic carbocycles. The van der Waals surface area contributed by atoms with Crippen LogP contribution in [-0.4, -0.2) is 31.2 Å². The standard InChI is InChI=1S/C17H24N2O2/c1-17(2)14(9-15(17)21-3)19-16(20)13-8-11-6-4-5-7-12(11)10-18-13/h4-7,13-15,18H,8-10H2,1-3H3,(H,19,20)/t13-,14?,15?/m1/s1. The van der Waals surface area contributed by atoms with Crippen molar-refractivity contribution in [3.63, 3.8) is 0 Å². The molecule has 4 nitrogen and oxygen atoms in total. The molecule has 3 atom stereocenters. The Morgan fingerprint density at radius 2 is 2.05 bits per heavy atom. The highest BCUT2D eigenvalue weighted by molar-refractivity contribution is 5.83.